The van der Waals surface area contributed by atoms with Crippen molar-refractivity contribution in [2.24, 2.45) is 5.92 Å². The molecule has 0 bridgehead atoms. The van der Waals surface area contributed by atoms with Crippen LogP contribution >= 0.6 is 0 Å². The number of halogens is 3. The first kappa shape index (κ1) is 38.2. The number of ether oxygens (including phenoxy) is 1. The number of allylic oxidation sites excluding steroid dienone is 1. The maximum absolute atomic E-state index is 14.5. The van der Waals surface area contributed by atoms with Crippen LogP contribution in [-0.2, 0) is 30.6 Å². The highest BCUT2D eigenvalue weighted by molar-refractivity contribution is 7.91. The highest BCUT2D eigenvalue weighted by Gasteiger charge is 2.62. The summed E-state index contributed by atoms with van der Waals surface area (Å²) in [5.74, 6) is -4.18. The van der Waals surface area contributed by atoms with Crippen LogP contribution in [0.1, 0.15) is 85.3 Å². The average molecular weight is 788 g/mol. The molecule has 0 unspecified atom stereocenters. The van der Waals surface area contributed by atoms with Crippen molar-refractivity contribution in [2.75, 3.05) is 6.54 Å². The molecule has 3 fully saturated rings. The number of sulfonamides is 1. The number of carbonyl (C=O) groups is 4. The number of alkyl halides is 3. The van der Waals surface area contributed by atoms with Crippen molar-refractivity contribution in [3.05, 3.63) is 59.1 Å². The first-order valence-electron chi connectivity index (χ1n) is 18.2. The first-order chi connectivity index (χ1) is 26.1. The summed E-state index contributed by atoms with van der Waals surface area (Å²) in [5, 5.41) is 8.53. The Morgan fingerprint density at radius 3 is 2.45 bits per heavy atom. The number of nitrogens with zero attached hydrogens (tertiary/aromatic N) is 4. The number of benzene rings is 1. The van der Waals surface area contributed by atoms with Gasteiger partial charge in [0, 0.05) is 17.9 Å². The second-order valence-corrected chi connectivity index (χ2v) is 16.6. The Hall–Kier alpha value is -5.07. The molecular formula is C36H40F3N7O8S. The zero-order valence-corrected chi connectivity index (χ0v) is 30.8. The van der Waals surface area contributed by atoms with E-state index in [1.807, 2.05) is 6.08 Å². The van der Waals surface area contributed by atoms with E-state index in [2.05, 4.69) is 30.5 Å². The monoisotopic (exact) mass is 787 g/mol. The molecule has 55 heavy (non-hydrogen) atoms. The lowest BCUT2D eigenvalue weighted by Crippen LogP contribution is -2.58. The molecule has 15 nitrogen and oxygen atoms in total. The number of rotatable bonds is 7. The van der Waals surface area contributed by atoms with Gasteiger partial charge in [0.1, 0.15) is 29.5 Å². The van der Waals surface area contributed by atoms with Gasteiger partial charge in [-0.3, -0.25) is 23.9 Å². The molecule has 2 aromatic heterocycles. The minimum atomic E-state index is -4.97. The number of fused-ring (bicyclic) bond motifs is 3. The second-order valence-electron chi connectivity index (χ2n) is 14.6. The van der Waals surface area contributed by atoms with Crippen molar-refractivity contribution in [3.8, 4) is 5.88 Å². The van der Waals surface area contributed by atoms with Gasteiger partial charge < -0.3 is 24.8 Å². The molecule has 19 heteroatoms. The van der Waals surface area contributed by atoms with E-state index in [0.717, 1.165) is 4.90 Å². The largest absolute Gasteiger partial charge is 0.471 e. The molecule has 4 heterocycles. The minimum Gasteiger partial charge on any atom is -0.471 e. The fourth-order valence-electron chi connectivity index (χ4n) is 7.11. The van der Waals surface area contributed by atoms with Gasteiger partial charge in [-0.25, -0.2) is 18.4 Å². The predicted octanol–water partition coefficient (Wildman–Crippen LogP) is 3.40. The van der Waals surface area contributed by atoms with Crippen LogP contribution in [-0.4, -0.2) is 87.6 Å². The van der Waals surface area contributed by atoms with Crippen LogP contribution in [0.3, 0.4) is 0 Å². The first-order valence-corrected chi connectivity index (χ1v) is 19.7. The molecule has 1 saturated heterocycles. The van der Waals surface area contributed by atoms with Gasteiger partial charge in [0.25, 0.3) is 11.8 Å². The molecule has 7 rings (SSSR count). The van der Waals surface area contributed by atoms with Crippen molar-refractivity contribution in [1.29, 1.82) is 0 Å². The van der Waals surface area contributed by atoms with Gasteiger partial charge in [0.15, 0.2) is 5.69 Å². The molecule has 2 saturated carbocycles. The van der Waals surface area contributed by atoms with E-state index in [9.17, 15) is 40.8 Å². The van der Waals surface area contributed by atoms with Crippen LogP contribution in [0.15, 0.2) is 40.9 Å². The highest BCUT2D eigenvalue weighted by atomic mass is 32.2. The smallest absolute Gasteiger partial charge is 0.438 e. The molecule has 4 aliphatic rings. The van der Waals surface area contributed by atoms with E-state index in [0.29, 0.717) is 49.8 Å². The zero-order chi connectivity index (χ0) is 39.3. The van der Waals surface area contributed by atoms with Crippen molar-refractivity contribution < 1.29 is 50.0 Å². The topological polar surface area (TPSA) is 203 Å². The van der Waals surface area contributed by atoms with E-state index in [4.69, 9.17) is 9.26 Å². The molecule has 2 aliphatic heterocycles. The lowest BCUT2D eigenvalue weighted by Gasteiger charge is -2.29. The van der Waals surface area contributed by atoms with Gasteiger partial charge in [0.2, 0.25) is 33.4 Å². The molecular weight excluding hydrogens is 747 g/mol. The summed E-state index contributed by atoms with van der Waals surface area (Å²) in [6, 6.07) is 3.32. The van der Waals surface area contributed by atoms with Gasteiger partial charge in [0.05, 0.1) is 22.8 Å². The summed E-state index contributed by atoms with van der Waals surface area (Å²) in [6.07, 6.45) is 0.572. The van der Waals surface area contributed by atoms with Crippen molar-refractivity contribution in [2.45, 2.75) is 107 Å². The van der Waals surface area contributed by atoms with Crippen LogP contribution < -0.4 is 20.1 Å². The summed E-state index contributed by atoms with van der Waals surface area (Å²) in [4.78, 5) is 64.8. The number of nitrogens with one attached hydrogen (secondary N) is 3. The van der Waals surface area contributed by atoms with Crippen molar-refractivity contribution >= 4 is 44.7 Å². The predicted molar refractivity (Wildman–Crippen MR) is 188 cm³/mol. The molecule has 294 valence electrons. The number of aromatic nitrogens is 3. The molecule has 3 N–H and O–H groups in total. The average Bonchev–Trinajstić information content (AvgIpc) is 4.04. The lowest BCUT2D eigenvalue weighted by molar-refractivity contribution is -0.143. The fourth-order valence-corrected chi connectivity index (χ4v) is 8.48. The summed E-state index contributed by atoms with van der Waals surface area (Å²) in [5.41, 5.74) is -2.53. The van der Waals surface area contributed by atoms with E-state index >= 15 is 0 Å². The maximum atomic E-state index is 14.5. The normalized spacial score (nSPS) is 26.3. The standard InChI is InChI=1S/C36H40F3N7O8S/c1-19-20(2)54-44-28(19)31(48)41-26-13-7-5-3-4-6-10-21-17-35(21,34(50)45-55(51,52)23-14-15-23)43-30(47)27-16-22(18-46(27)33(26)49)53-32-29(36(37,38)39)40-24-11-8-9-12-25(24)42-32/h6,8-12,21-23,26-27H,3-5,7,13-18H2,1-2H3,(H,41,48)(H,43,47)(H,45,50)/t21-,22-,26+,27+,35-/m1/s1. The van der Waals surface area contributed by atoms with Crippen LogP contribution in [0.5, 0.6) is 5.88 Å². The molecule has 0 spiro atoms. The third-order valence-electron chi connectivity index (χ3n) is 10.6. The third-order valence-corrected chi connectivity index (χ3v) is 12.4. The number of amides is 4. The Kier molecular flexibility index (Phi) is 10.1. The number of hydrogen-bond acceptors (Lipinski definition) is 11. The van der Waals surface area contributed by atoms with Crippen LogP contribution in [0, 0.1) is 19.8 Å². The second kappa shape index (κ2) is 14.5. The molecule has 2 aliphatic carbocycles. The van der Waals surface area contributed by atoms with Gasteiger partial charge in [-0.15, -0.1) is 0 Å². The fraction of sp³-hybridized carbons (Fsp3) is 0.528. The summed E-state index contributed by atoms with van der Waals surface area (Å²) >= 11 is 0. The van der Waals surface area contributed by atoms with Crippen LogP contribution in [0.4, 0.5) is 13.2 Å². The van der Waals surface area contributed by atoms with E-state index in [1.165, 1.54) is 18.2 Å². The zero-order valence-electron chi connectivity index (χ0n) is 30.0. The summed E-state index contributed by atoms with van der Waals surface area (Å²) in [6.45, 7) is 2.86. The highest BCUT2D eigenvalue weighted by Crippen LogP contribution is 2.46. The van der Waals surface area contributed by atoms with Gasteiger partial charge in [-0.1, -0.05) is 42.3 Å². The number of carbonyl (C=O) groups excluding carboxylic acids is 4. The lowest BCUT2D eigenvalue weighted by atomic mass is 10.0. The number of hydrogen-bond donors (Lipinski definition) is 3. The van der Waals surface area contributed by atoms with Gasteiger partial charge in [-0.2, -0.15) is 13.2 Å². The summed E-state index contributed by atoms with van der Waals surface area (Å²) < 4.78 is 81.5. The molecule has 3 aromatic rings. The molecule has 5 atom stereocenters. The quantitative estimate of drug-likeness (QED) is 0.296. The van der Waals surface area contributed by atoms with Crippen LogP contribution in [0.25, 0.3) is 11.0 Å². The maximum Gasteiger partial charge on any atom is 0.438 e. The van der Waals surface area contributed by atoms with Gasteiger partial charge >= 0.3 is 6.18 Å². The van der Waals surface area contributed by atoms with E-state index in [-0.39, 0.29) is 36.0 Å². The van der Waals surface area contributed by atoms with Crippen molar-refractivity contribution in [1.82, 2.24) is 35.4 Å². The molecule has 4 amide bonds. The van der Waals surface area contributed by atoms with E-state index < -0.39 is 92.8 Å². The SMILES string of the molecule is Cc1onc(C(=O)N[C@H]2CCCCCC=C[C@@H]3C[C@@]3(C(=O)NS(=O)(=O)C3CC3)NC(=O)[C@@H]3C[C@@H](Oc4nc5ccccc5nc4C(F)(F)F)CN3C2=O)c1C. The Balaban J connectivity index is 1.22. The van der Waals surface area contributed by atoms with Crippen molar-refractivity contribution in [3.63, 3.8) is 0 Å². The number of para-hydroxylation sites is 2. The van der Waals surface area contributed by atoms with E-state index in [1.54, 1.807) is 26.0 Å². The molecule has 0 radical (unpaired) electrons. The Morgan fingerprint density at radius 1 is 1.05 bits per heavy atom. The Bertz CT molecular complexity index is 2170. The molecule has 1 aromatic carbocycles. The van der Waals surface area contributed by atoms with Gasteiger partial charge in [-0.05, 0) is 64.5 Å². The Morgan fingerprint density at radius 2 is 1.78 bits per heavy atom. The number of aryl methyl sites for hydroxylation is 1. The summed E-state index contributed by atoms with van der Waals surface area (Å²) in [7, 11) is -3.99. The van der Waals surface area contributed by atoms with Crippen LogP contribution in [0.2, 0.25) is 0 Å². The Labute approximate surface area is 313 Å². The third kappa shape index (κ3) is 7.88. The minimum absolute atomic E-state index is 0.0211.